The third-order valence-electron chi connectivity index (χ3n) is 3.66. The van der Waals surface area contributed by atoms with Crippen LogP contribution in [-0.4, -0.2) is 53.9 Å². The lowest BCUT2D eigenvalue weighted by atomic mass is 9.98. The van der Waals surface area contributed by atoms with Gasteiger partial charge in [0.15, 0.2) is 0 Å². The average Bonchev–Trinajstić information content (AvgIpc) is 2.35. The Morgan fingerprint density at radius 2 is 2.22 bits per heavy atom. The summed E-state index contributed by atoms with van der Waals surface area (Å²) in [5.74, 6) is -0.151. The molecule has 2 N–H and O–H groups in total. The second-order valence-electron chi connectivity index (χ2n) is 5.29. The lowest BCUT2D eigenvalue weighted by molar-refractivity contribution is -0.135. The van der Waals surface area contributed by atoms with Gasteiger partial charge in [-0.05, 0) is 33.4 Å². The molecule has 1 fully saturated rings. The highest BCUT2D eigenvalue weighted by Crippen LogP contribution is 2.18. The molecule has 0 aromatic rings. The highest BCUT2D eigenvalue weighted by Gasteiger charge is 2.30. The van der Waals surface area contributed by atoms with Gasteiger partial charge in [-0.15, -0.1) is 0 Å². The number of rotatable bonds is 5. The van der Waals surface area contributed by atoms with Crippen molar-refractivity contribution in [3.8, 4) is 0 Å². The van der Waals surface area contributed by atoms with E-state index in [1.165, 1.54) is 0 Å². The monoisotopic (exact) mass is 271 g/mol. The van der Waals surface area contributed by atoms with Crippen LogP contribution in [0, 0.1) is 5.92 Å². The van der Waals surface area contributed by atoms with Gasteiger partial charge in [0.05, 0.1) is 10.9 Å². The average molecular weight is 271 g/mol. The number of carbonyl (C=O) groups excluding carboxylic acids is 1. The van der Waals surface area contributed by atoms with Gasteiger partial charge in [-0.2, -0.15) is 0 Å². The van der Waals surface area contributed by atoms with E-state index < -0.39 is 0 Å². The second-order valence-corrected chi connectivity index (χ2v) is 5.76. The van der Waals surface area contributed by atoms with Crippen molar-refractivity contribution in [2.24, 2.45) is 11.7 Å². The molecule has 2 unspecified atom stereocenters. The Hall–Kier alpha value is -0.680. The van der Waals surface area contributed by atoms with Crippen LogP contribution in [0.1, 0.15) is 32.6 Å². The van der Waals surface area contributed by atoms with Crippen LogP contribution in [-0.2, 0) is 4.79 Å². The first-order valence-electron chi connectivity index (χ1n) is 6.71. The largest absolute Gasteiger partial charge is 0.393 e. The molecule has 0 aromatic heterocycles. The third kappa shape index (κ3) is 3.92. The molecule has 1 aliphatic heterocycles. The molecule has 1 heterocycles. The molecule has 104 valence electrons. The number of hydrogen-bond acceptors (Lipinski definition) is 3. The maximum Gasteiger partial charge on any atom is 0.232 e. The van der Waals surface area contributed by atoms with Crippen LogP contribution >= 0.6 is 12.2 Å². The molecule has 0 bridgehead atoms. The second kappa shape index (κ2) is 7.04. The maximum atomic E-state index is 12.4. The van der Waals surface area contributed by atoms with Gasteiger partial charge in [0.25, 0.3) is 0 Å². The number of likely N-dealkylation sites (tertiary alicyclic amines) is 1. The molecule has 1 aliphatic rings. The van der Waals surface area contributed by atoms with Crippen LogP contribution in [0.15, 0.2) is 0 Å². The van der Waals surface area contributed by atoms with E-state index in [0.29, 0.717) is 11.0 Å². The quantitative estimate of drug-likeness (QED) is 0.764. The fraction of sp³-hybridized carbons (Fsp3) is 0.846. The summed E-state index contributed by atoms with van der Waals surface area (Å²) < 4.78 is 0. The van der Waals surface area contributed by atoms with Crippen molar-refractivity contribution in [3.05, 3.63) is 0 Å². The van der Waals surface area contributed by atoms with Crippen LogP contribution in [0.4, 0.5) is 0 Å². The van der Waals surface area contributed by atoms with E-state index in [2.05, 4.69) is 25.9 Å². The molecular weight excluding hydrogens is 246 g/mol. The predicted molar refractivity (Wildman–Crippen MR) is 78.5 cm³/mol. The number of carbonyl (C=O) groups is 1. The topological polar surface area (TPSA) is 49.6 Å². The van der Waals surface area contributed by atoms with Crippen molar-refractivity contribution in [1.29, 1.82) is 0 Å². The summed E-state index contributed by atoms with van der Waals surface area (Å²) in [6.45, 7) is 3.69. The molecule has 1 rings (SSSR count). The molecule has 4 nitrogen and oxygen atoms in total. The normalized spacial score (nSPS) is 22.0. The number of piperidine rings is 1. The van der Waals surface area contributed by atoms with Gasteiger partial charge in [0.2, 0.25) is 5.91 Å². The van der Waals surface area contributed by atoms with E-state index in [9.17, 15) is 4.79 Å². The van der Waals surface area contributed by atoms with Crippen LogP contribution in [0.3, 0.4) is 0 Å². The molecule has 0 radical (unpaired) electrons. The van der Waals surface area contributed by atoms with E-state index in [4.69, 9.17) is 18.0 Å². The molecule has 0 saturated carbocycles. The minimum Gasteiger partial charge on any atom is -0.393 e. The number of nitrogens with two attached hydrogens (primary N) is 1. The van der Waals surface area contributed by atoms with Crippen LogP contribution < -0.4 is 5.73 Å². The number of hydrogen-bond donors (Lipinski definition) is 1. The zero-order valence-electron chi connectivity index (χ0n) is 11.7. The predicted octanol–water partition coefficient (Wildman–Crippen LogP) is 1.24. The van der Waals surface area contributed by atoms with E-state index in [0.717, 1.165) is 38.8 Å². The lowest BCUT2D eigenvalue weighted by Crippen LogP contribution is -2.50. The molecule has 1 amide bonds. The minimum atomic E-state index is -0.272. The van der Waals surface area contributed by atoms with Crippen LogP contribution in [0.25, 0.3) is 0 Å². The van der Waals surface area contributed by atoms with Gasteiger partial charge in [-0.1, -0.05) is 25.6 Å². The van der Waals surface area contributed by atoms with Gasteiger partial charge >= 0.3 is 0 Å². The van der Waals surface area contributed by atoms with Crippen molar-refractivity contribution in [2.75, 3.05) is 27.2 Å². The Bertz CT molecular complexity index is 307. The molecule has 0 aliphatic carbocycles. The smallest absolute Gasteiger partial charge is 0.232 e. The number of thiocarbonyl (C=S) groups is 1. The third-order valence-corrected chi connectivity index (χ3v) is 3.94. The highest BCUT2D eigenvalue weighted by atomic mass is 32.1. The zero-order valence-corrected chi connectivity index (χ0v) is 12.5. The first kappa shape index (κ1) is 15.4. The van der Waals surface area contributed by atoms with Gasteiger partial charge in [0, 0.05) is 19.1 Å². The molecular formula is C13H25N3OS. The molecule has 0 aromatic carbocycles. The first-order chi connectivity index (χ1) is 8.47. The number of nitrogens with zero attached hydrogens (tertiary/aromatic N) is 2. The maximum absolute atomic E-state index is 12.4. The van der Waals surface area contributed by atoms with Crippen molar-refractivity contribution in [2.45, 2.75) is 38.6 Å². The SMILES string of the molecule is CCCC(C(=O)N1CCCC(N(C)C)C1)C(N)=S. The van der Waals surface area contributed by atoms with Crippen molar-refractivity contribution < 1.29 is 4.79 Å². The van der Waals surface area contributed by atoms with Crippen molar-refractivity contribution >= 4 is 23.1 Å². The highest BCUT2D eigenvalue weighted by molar-refractivity contribution is 7.80. The van der Waals surface area contributed by atoms with Crippen LogP contribution in [0.2, 0.25) is 0 Å². The Morgan fingerprint density at radius 3 is 2.72 bits per heavy atom. The molecule has 1 saturated heterocycles. The Balaban J connectivity index is 2.66. The Labute approximate surface area is 115 Å². The molecule has 5 heteroatoms. The Morgan fingerprint density at radius 1 is 1.56 bits per heavy atom. The Kier molecular flexibility index (Phi) is 6.02. The van der Waals surface area contributed by atoms with E-state index in [1.807, 2.05) is 4.90 Å². The number of likely N-dealkylation sites (N-methyl/N-ethyl adjacent to an activating group) is 1. The fourth-order valence-corrected chi connectivity index (χ4v) is 2.69. The van der Waals surface area contributed by atoms with E-state index >= 15 is 0 Å². The fourth-order valence-electron chi connectivity index (χ4n) is 2.47. The summed E-state index contributed by atoms with van der Waals surface area (Å²) in [6, 6.07) is 0.455. The van der Waals surface area contributed by atoms with Crippen molar-refractivity contribution in [1.82, 2.24) is 9.80 Å². The first-order valence-corrected chi connectivity index (χ1v) is 7.12. The summed E-state index contributed by atoms with van der Waals surface area (Å²) >= 11 is 5.03. The molecule has 18 heavy (non-hydrogen) atoms. The number of amides is 1. The van der Waals surface area contributed by atoms with Gasteiger partial charge in [-0.3, -0.25) is 4.79 Å². The van der Waals surface area contributed by atoms with Crippen LogP contribution in [0.5, 0.6) is 0 Å². The summed E-state index contributed by atoms with van der Waals surface area (Å²) in [7, 11) is 4.13. The summed E-state index contributed by atoms with van der Waals surface area (Å²) in [4.78, 5) is 16.9. The molecule has 0 spiro atoms. The molecule has 2 atom stereocenters. The van der Waals surface area contributed by atoms with Gasteiger partial charge in [0.1, 0.15) is 0 Å². The minimum absolute atomic E-state index is 0.121. The van der Waals surface area contributed by atoms with Gasteiger partial charge < -0.3 is 15.5 Å². The van der Waals surface area contributed by atoms with Gasteiger partial charge in [-0.25, -0.2) is 0 Å². The standard InChI is InChI=1S/C13H25N3OS/c1-4-6-11(12(14)18)13(17)16-8-5-7-10(9-16)15(2)3/h10-11H,4-9H2,1-3H3,(H2,14,18). The zero-order chi connectivity index (χ0) is 13.7. The van der Waals surface area contributed by atoms with E-state index in [-0.39, 0.29) is 11.8 Å². The summed E-state index contributed by atoms with van der Waals surface area (Å²) in [5.41, 5.74) is 5.70. The van der Waals surface area contributed by atoms with E-state index in [1.54, 1.807) is 0 Å². The summed E-state index contributed by atoms with van der Waals surface area (Å²) in [5, 5.41) is 0. The van der Waals surface area contributed by atoms with Crippen molar-refractivity contribution in [3.63, 3.8) is 0 Å². The summed E-state index contributed by atoms with van der Waals surface area (Å²) in [6.07, 6.45) is 3.91. The lowest BCUT2D eigenvalue weighted by Gasteiger charge is -2.37.